The number of nitrogens with one attached hydrogen (secondary N) is 2. The molecule has 0 aliphatic heterocycles. The smallest absolute Gasteiger partial charge is 0.261 e. The molecule has 6 N–H and O–H groups in total. The van der Waals surface area contributed by atoms with Gasteiger partial charge in [0.2, 0.25) is 0 Å². The van der Waals surface area contributed by atoms with Crippen molar-refractivity contribution in [3.05, 3.63) is 192 Å². The Bertz CT molecular complexity index is 3180. The third kappa shape index (κ3) is 8.75. The average Bonchev–Trinajstić information content (AvgIpc) is 3.31. The molecule has 15 heteroatoms. The molecule has 0 atom stereocenters. The molecule has 2 aromatic heterocycles. The van der Waals surface area contributed by atoms with Crippen LogP contribution in [0.15, 0.2) is 180 Å². The van der Waals surface area contributed by atoms with Crippen molar-refractivity contribution in [3.63, 3.8) is 0 Å². The Hall–Kier alpha value is -8.63. The number of benzene rings is 6. The van der Waals surface area contributed by atoms with Crippen LogP contribution in [0.4, 0.5) is 23.0 Å². The predicted molar refractivity (Wildman–Crippen MR) is 246 cm³/mol. The first kappa shape index (κ1) is 42.1. The van der Waals surface area contributed by atoms with Crippen molar-refractivity contribution < 1.29 is 21.6 Å². The summed E-state index contributed by atoms with van der Waals surface area (Å²) >= 11 is 0. The molecule has 0 radical (unpaired) electrons. The summed E-state index contributed by atoms with van der Waals surface area (Å²) in [5, 5.41) is 19.5. The molecular weight excluding hydrogens is 845 g/mol. The zero-order chi connectivity index (χ0) is 45.0. The van der Waals surface area contributed by atoms with Gasteiger partial charge in [-0.2, -0.15) is 10.5 Å². The number of nitriles is 2. The van der Waals surface area contributed by atoms with E-state index in [-0.39, 0.29) is 55.1 Å². The Morgan fingerprint density at radius 3 is 1.20 bits per heavy atom. The first-order valence-corrected chi connectivity index (χ1v) is 22.3. The molecule has 8 rings (SSSR count). The van der Waals surface area contributed by atoms with Crippen molar-refractivity contribution in [3.8, 4) is 56.9 Å². The minimum absolute atomic E-state index is 0.0162. The van der Waals surface area contributed by atoms with Crippen molar-refractivity contribution in [2.75, 3.05) is 20.9 Å². The van der Waals surface area contributed by atoms with Crippen LogP contribution in [0.2, 0.25) is 0 Å². The van der Waals surface area contributed by atoms with Gasteiger partial charge >= 0.3 is 0 Å². The first-order chi connectivity index (χ1) is 30.8. The predicted octanol–water partition coefficient (Wildman–Crippen LogP) is 8.88. The minimum Gasteiger partial charge on any atom is -0.383 e. The van der Waals surface area contributed by atoms with Gasteiger partial charge in [-0.3, -0.25) is 14.2 Å². The van der Waals surface area contributed by atoms with Gasteiger partial charge in [0.05, 0.1) is 21.2 Å². The van der Waals surface area contributed by atoms with E-state index in [1.807, 2.05) is 60.7 Å². The van der Waals surface area contributed by atoms with E-state index in [2.05, 4.69) is 31.6 Å². The number of hydrogen-bond donors (Lipinski definition) is 4. The lowest BCUT2D eigenvalue weighted by atomic mass is 9.98. The molecule has 64 heavy (non-hydrogen) atoms. The maximum absolute atomic E-state index is 13.7. The minimum atomic E-state index is -4.20. The number of nitrogens with two attached hydrogens (primary N) is 2. The van der Waals surface area contributed by atoms with E-state index < -0.39 is 25.8 Å². The Balaban J connectivity index is 0.967. The van der Waals surface area contributed by atoms with Crippen LogP contribution in [0.25, 0.3) is 44.8 Å². The number of carbonyl (C=O) groups excluding carboxylic acids is 1. The summed E-state index contributed by atoms with van der Waals surface area (Å²) in [6.07, 6.45) is 0. The summed E-state index contributed by atoms with van der Waals surface area (Å²) < 4.78 is 59.3. The van der Waals surface area contributed by atoms with Crippen molar-refractivity contribution in [1.82, 2.24) is 9.97 Å². The first-order valence-electron chi connectivity index (χ1n) is 19.4. The fourth-order valence-corrected chi connectivity index (χ4v) is 9.18. The molecule has 0 spiro atoms. The summed E-state index contributed by atoms with van der Waals surface area (Å²) in [4.78, 5) is 22.1. The second kappa shape index (κ2) is 17.4. The van der Waals surface area contributed by atoms with Crippen LogP contribution in [0, 0.1) is 22.7 Å². The summed E-state index contributed by atoms with van der Waals surface area (Å²) in [7, 11) is -8.40. The normalized spacial score (nSPS) is 11.2. The van der Waals surface area contributed by atoms with Crippen LogP contribution >= 0.6 is 0 Å². The zero-order valence-corrected chi connectivity index (χ0v) is 35.1. The number of hydrogen-bond acceptors (Lipinski definition) is 11. The summed E-state index contributed by atoms with van der Waals surface area (Å²) in [6, 6.07) is 50.0. The topological polar surface area (TPSA) is 235 Å². The largest absolute Gasteiger partial charge is 0.383 e. The third-order valence-electron chi connectivity index (χ3n) is 10.2. The zero-order valence-electron chi connectivity index (χ0n) is 33.5. The van der Waals surface area contributed by atoms with E-state index in [4.69, 9.17) is 11.5 Å². The SMILES string of the molecule is N#Cc1c(-c2ccccc2)cc(-c2ccc(NS(=O)(=O)c3cccc(C(=O)c4cccc(S(=O)(=O)Nc5ccc(-c6cc(-c7ccccc7)c(C#N)c(N)n6)cc5)c4)c3)cc2)nc1N. The molecule has 0 amide bonds. The fraction of sp³-hybridized carbons (Fsp3) is 0. The second-order valence-electron chi connectivity index (χ2n) is 14.3. The van der Waals surface area contributed by atoms with Gasteiger partial charge in [0.15, 0.2) is 5.78 Å². The maximum Gasteiger partial charge on any atom is 0.261 e. The van der Waals surface area contributed by atoms with Crippen molar-refractivity contribution in [1.29, 1.82) is 10.5 Å². The van der Waals surface area contributed by atoms with Gasteiger partial charge in [-0.15, -0.1) is 0 Å². The molecule has 312 valence electrons. The van der Waals surface area contributed by atoms with Crippen LogP contribution in [-0.2, 0) is 20.0 Å². The molecule has 0 unspecified atom stereocenters. The highest BCUT2D eigenvalue weighted by atomic mass is 32.2. The quantitative estimate of drug-likeness (QED) is 0.0846. The van der Waals surface area contributed by atoms with Crippen LogP contribution in [0.1, 0.15) is 27.0 Å². The molecule has 6 aromatic carbocycles. The van der Waals surface area contributed by atoms with Crippen molar-refractivity contribution in [2.45, 2.75) is 9.79 Å². The summed E-state index contributed by atoms with van der Waals surface area (Å²) in [5.41, 5.74) is 18.4. The van der Waals surface area contributed by atoms with Crippen molar-refractivity contribution in [2.24, 2.45) is 0 Å². The second-order valence-corrected chi connectivity index (χ2v) is 17.7. The monoisotopic (exact) mass is 878 g/mol. The number of ketones is 1. The van der Waals surface area contributed by atoms with Gasteiger partial charge in [0.25, 0.3) is 20.0 Å². The highest BCUT2D eigenvalue weighted by molar-refractivity contribution is 7.93. The van der Waals surface area contributed by atoms with Crippen LogP contribution < -0.4 is 20.9 Å². The van der Waals surface area contributed by atoms with E-state index >= 15 is 0 Å². The summed E-state index contributed by atoms with van der Waals surface area (Å²) in [5.74, 6) is -0.472. The number of aromatic nitrogens is 2. The highest BCUT2D eigenvalue weighted by Gasteiger charge is 2.21. The van der Waals surface area contributed by atoms with Gasteiger partial charge in [0, 0.05) is 44.8 Å². The number of nitrogens with zero attached hydrogens (tertiary/aromatic N) is 4. The molecule has 0 fully saturated rings. The lowest BCUT2D eigenvalue weighted by molar-refractivity contribution is 0.103. The van der Waals surface area contributed by atoms with E-state index in [1.165, 1.54) is 48.5 Å². The molecule has 13 nitrogen and oxygen atoms in total. The highest BCUT2D eigenvalue weighted by Crippen LogP contribution is 2.34. The lowest BCUT2D eigenvalue weighted by Crippen LogP contribution is -2.15. The van der Waals surface area contributed by atoms with Gasteiger partial charge in [-0.1, -0.05) is 109 Å². The number of pyridine rings is 2. The van der Waals surface area contributed by atoms with E-state index in [0.717, 1.165) is 11.1 Å². The molecule has 8 aromatic rings. The Kier molecular flexibility index (Phi) is 11.4. The Morgan fingerprint density at radius 2 is 0.844 bits per heavy atom. The van der Waals surface area contributed by atoms with E-state index in [0.29, 0.717) is 33.6 Å². The standard InChI is InChI=1S/C49H34N8O5S2/c50-29-43-41(31-9-3-1-4-10-31)27-45(54-48(43)52)33-17-21-37(22-18-33)56-63(59,60)39-15-7-13-35(25-39)47(58)36-14-8-16-40(26-36)64(61,62)57-38-23-19-34(20-24-38)46-28-42(32-11-5-2-6-12-32)44(30-51)49(53)55-46/h1-28,56-57H,(H2,52,54)(H2,53,55). The van der Waals surface area contributed by atoms with Crippen molar-refractivity contribution >= 4 is 48.8 Å². The molecule has 2 heterocycles. The van der Waals surface area contributed by atoms with Gasteiger partial charge < -0.3 is 11.5 Å². The Morgan fingerprint density at radius 1 is 0.469 bits per heavy atom. The number of anilines is 4. The summed E-state index contributed by atoms with van der Waals surface area (Å²) in [6.45, 7) is 0. The number of carbonyl (C=O) groups is 1. The van der Waals surface area contributed by atoms with E-state index in [1.54, 1.807) is 60.7 Å². The maximum atomic E-state index is 13.7. The average molecular weight is 879 g/mol. The van der Waals surface area contributed by atoms with Gasteiger partial charge in [-0.05, 0) is 71.8 Å². The van der Waals surface area contributed by atoms with Gasteiger partial charge in [-0.25, -0.2) is 26.8 Å². The number of nitrogen functional groups attached to an aromatic ring is 2. The fourth-order valence-electron chi connectivity index (χ4n) is 6.97. The molecule has 0 aliphatic carbocycles. The lowest BCUT2D eigenvalue weighted by Gasteiger charge is -2.12. The third-order valence-corrected chi connectivity index (χ3v) is 12.9. The molecule has 0 saturated heterocycles. The van der Waals surface area contributed by atoms with Crippen LogP contribution in [-0.4, -0.2) is 32.6 Å². The molecule has 0 saturated carbocycles. The van der Waals surface area contributed by atoms with Crippen LogP contribution in [0.5, 0.6) is 0 Å². The van der Waals surface area contributed by atoms with Gasteiger partial charge in [0.1, 0.15) is 34.9 Å². The van der Waals surface area contributed by atoms with Crippen LogP contribution in [0.3, 0.4) is 0 Å². The Labute approximate surface area is 369 Å². The van der Waals surface area contributed by atoms with E-state index in [9.17, 15) is 32.2 Å². The number of rotatable bonds is 12. The number of sulfonamides is 2. The molecular formula is C49H34N8O5S2. The molecule has 0 bridgehead atoms. The molecule has 0 aliphatic rings.